The molecule has 2 aromatic heterocycles. The molecular weight excluding hydrogens is 460 g/mol. The van der Waals surface area contributed by atoms with Crippen molar-refractivity contribution < 1.29 is 13.5 Å². The summed E-state index contributed by atoms with van der Waals surface area (Å²) in [7, 11) is 0. The molecule has 3 N–H and O–H groups in total. The van der Waals surface area contributed by atoms with E-state index in [2.05, 4.69) is 20.2 Å². The van der Waals surface area contributed by atoms with Crippen molar-refractivity contribution >= 4 is 22.3 Å². The molecule has 2 saturated heterocycles. The van der Waals surface area contributed by atoms with Crippen LogP contribution in [0.25, 0.3) is 33.3 Å². The number of halogens is 2. The number of nitrogens with one attached hydrogen (secondary N) is 1. The lowest BCUT2D eigenvalue weighted by Crippen LogP contribution is -2.57. The topological polar surface area (TPSA) is 76.3 Å². The number of nitrogen functional groups attached to an aromatic ring is 1. The van der Waals surface area contributed by atoms with E-state index in [0.717, 1.165) is 53.3 Å². The van der Waals surface area contributed by atoms with Gasteiger partial charge in [-0.2, -0.15) is 0 Å². The summed E-state index contributed by atoms with van der Waals surface area (Å²) in [5, 5.41) is 4.42. The summed E-state index contributed by atoms with van der Waals surface area (Å²) in [5.41, 5.74) is 12.3. The molecule has 0 bridgehead atoms. The summed E-state index contributed by atoms with van der Waals surface area (Å²) in [6.07, 6.45) is 4.38. The molecule has 0 amide bonds. The second kappa shape index (κ2) is 9.11. The molecule has 2 fully saturated rings. The van der Waals surface area contributed by atoms with Crippen molar-refractivity contribution in [2.45, 2.75) is 25.5 Å². The predicted molar refractivity (Wildman–Crippen MR) is 138 cm³/mol. The molecule has 2 aromatic carbocycles. The quantitative estimate of drug-likeness (QED) is 0.436. The van der Waals surface area contributed by atoms with E-state index in [1.165, 1.54) is 12.1 Å². The van der Waals surface area contributed by atoms with Gasteiger partial charge in [0.1, 0.15) is 11.6 Å². The molecule has 0 saturated carbocycles. The third-order valence-corrected chi connectivity index (χ3v) is 7.21. The standard InChI is InChI=1S/C28H27F2N5O/c1-16-4-6-33-27(26(16)31)17-2-3-23-21(12-17)28(35-8-5-24-25(15-35)36-9-7-32-24)22(14-34-23)18-10-19(29)13-20(30)11-18/h2-4,6,10-14,24-25,32H,5,7-9,15,31H2,1H3/t24?,25-/m1/s1. The van der Waals surface area contributed by atoms with E-state index in [4.69, 9.17) is 10.5 Å². The number of anilines is 2. The number of piperidine rings is 1. The van der Waals surface area contributed by atoms with Crippen LogP contribution in [0.4, 0.5) is 20.2 Å². The van der Waals surface area contributed by atoms with Crippen molar-refractivity contribution in [2.75, 3.05) is 36.9 Å². The number of ether oxygens (including phenoxy) is 1. The molecule has 8 heteroatoms. The number of nitrogens with two attached hydrogens (primary N) is 1. The van der Waals surface area contributed by atoms with E-state index in [9.17, 15) is 8.78 Å². The Balaban J connectivity index is 1.56. The zero-order chi connectivity index (χ0) is 24.8. The van der Waals surface area contributed by atoms with Gasteiger partial charge in [0.05, 0.1) is 35.3 Å². The van der Waals surface area contributed by atoms with Gasteiger partial charge in [-0.05, 0) is 54.8 Å². The fourth-order valence-electron chi connectivity index (χ4n) is 5.36. The molecule has 4 aromatic rings. The maximum absolute atomic E-state index is 14.3. The van der Waals surface area contributed by atoms with Gasteiger partial charge in [0.2, 0.25) is 0 Å². The Morgan fingerprint density at radius 1 is 1.06 bits per heavy atom. The van der Waals surface area contributed by atoms with Gasteiger partial charge in [-0.25, -0.2) is 8.78 Å². The summed E-state index contributed by atoms with van der Waals surface area (Å²) >= 11 is 0. The summed E-state index contributed by atoms with van der Waals surface area (Å²) in [4.78, 5) is 11.4. The largest absolute Gasteiger partial charge is 0.397 e. The SMILES string of the molecule is Cc1ccnc(-c2ccc3ncc(-c4cc(F)cc(F)c4)c(N4CCC5NCCO[C@@H]5C4)c3c2)c1N. The number of rotatable bonds is 3. The van der Waals surface area contributed by atoms with E-state index in [-0.39, 0.29) is 6.10 Å². The fourth-order valence-corrected chi connectivity index (χ4v) is 5.36. The van der Waals surface area contributed by atoms with Crippen LogP contribution in [0.3, 0.4) is 0 Å². The van der Waals surface area contributed by atoms with Gasteiger partial charge in [0, 0.05) is 60.6 Å². The maximum Gasteiger partial charge on any atom is 0.126 e. The van der Waals surface area contributed by atoms with E-state index in [1.807, 2.05) is 31.2 Å². The van der Waals surface area contributed by atoms with Crippen LogP contribution in [-0.4, -0.2) is 48.4 Å². The number of pyridine rings is 2. The van der Waals surface area contributed by atoms with Crippen LogP contribution in [0.1, 0.15) is 12.0 Å². The minimum absolute atomic E-state index is 0.0325. The van der Waals surface area contributed by atoms with Gasteiger partial charge in [0.25, 0.3) is 0 Å². The maximum atomic E-state index is 14.3. The normalized spacial score (nSPS) is 19.9. The number of hydrogen-bond acceptors (Lipinski definition) is 6. The van der Waals surface area contributed by atoms with Gasteiger partial charge in [-0.3, -0.25) is 9.97 Å². The highest BCUT2D eigenvalue weighted by molar-refractivity contribution is 6.02. The Morgan fingerprint density at radius 2 is 1.89 bits per heavy atom. The molecule has 0 spiro atoms. The number of aromatic nitrogens is 2. The molecule has 184 valence electrons. The molecule has 2 atom stereocenters. The molecule has 6 nitrogen and oxygen atoms in total. The summed E-state index contributed by atoms with van der Waals surface area (Å²) in [6.45, 7) is 4.90. The second-order valence-corrected chi connectivity index (χ2v) is 9.51. The first-order valence-corrected chi connectivity index (χ1v) is 12.2. The first-order valence-electron chi connectivity index (χ1n) is 12.2. The van der Waals surface area contributed by atoms with Crippen molar-refractivity contribution in [1.82, 2.24) is 15.3 Å². The highest BCUT2D eigenvalue weighted by Crippen LogP contribution is 2.40. The van der Waals surface area contributed by atoms with Gasteiger partial charge < -0.3 is 20.7 Å². The number of benzene rings is 2. The smallest absolute Gasteiger partial charge is 0.126 e. The Labute approximate surface area is 208 Å². The highest BCUT2D eigenvalue weighted by Gasteiger charge is 2.33. The summed E-state index contributed by atoms with van der Waals surface area (Å²) < 4.78 is 34.6. The molecule has 2 aliphatic heterocycles. The van der Waals surface area contributed by atoms with E-state index >= 15 is 0 Å². The number of morpholine rings is 1. The number of nitrogens with zero attached hydrogens (tertiary/aromatic N) is 3. The molecule has 2 aliphatic rings. The number of fused-ring (bicyclic) bond motifs is 2. The molecule has 4 heterocycles. The third-order valence-electron chi connectivity index (χ3n) is 7.21. The van der Waals surface area contributed by atoms with Crippen molar-refractivity contribution in [3.05, 3.63) is 72.1 Å². The van der Waals surface area contributed by atoms with Crippen molar-refractivity contribution in [2.24, 2.45) is 0 Å². The van der Waals surface area contributed by atoms with Crippen LogP contribution in [0.5, 0.6) is 0 Å². The Bertz CT molecular complexity index is 1440. The first kappa shape index (κ1) is 22.8. The number of aryl methyl sites for hydroxylation is 1. The molecule has 6 rings (SSSR count). The predicted octanol–water partition coefficient (Wildman–Crippen LogP) is 4.70. The van der Waals surface area contributed by atoms with E-state index in [0.29, 0.717) is 41.7 Å². The van der Waals surface area contributed by atoms with E-state index < -0.39 is 11.6 Å². The molecule has 0 radical (unpaired) electrons. The molecule has 1 unspecified atom stereocenters. The van der Waals surface area contributed by atoms with Crippen molar-refractivity contribution in [3.63, 3.8) is 0 Å². The minimum atomic E-state index is -0.625. The van der Waals surface area contributed by atoms with Gasteiger partial charge in [-0.15, -0.1) is 0 Å². The average molecular weight is 488 g/mol. The third kappa shape index (κ3) is 4.06. The summed E-state index contributed by atoms with van der Waals surface area (Å²) in [6, 6.07) is 11.7. The number of hydrogen-bond donors (Lipinski definition) is 2. The van der Waals surface area contributed by atoms with Crippen LogP contribution in [0, 0.1) is 18.6 Å². The van der Waals surface area contributed by atoms with Crippen molar-refractivity contribution in [1.29, 1.82) is 0 Å². The molecule has 36 heavy (non-hydrogen) atoms. The minimum Gasteiger partial charge on any atom is -0.397 e. The Morgan fingerprint density at radius 3 is 2.72 bits per heavy atom. The Kier molecular flexibility index (Phi) is 5.78. The molecular formula is C28H27F2N5O. The molecule has 0 aliphatic carbocycles. The van der Waals surface area contributed by atoms with Crippen LogP contribution >= 0.6 is 0 Å². The van der Waals surface area contributed by atoms with Crippen molar-refractivity contribution in [3.8, 4) is 22.4 Å². The van der Waals surface area contributed by atoms with Gasteiger partial charge >= 0.3 is 0 Å². The monoisotopic (exact) mass is 487 g/mol. The zero-order valence-corrected chi connectivity index (χ0v) is 20.0. The van der Waals surface area contributed by atoms with Gasteiger partial charge in [-0.1, -0.05) is 6.07 Å². The first-order chi connectivity index (χ1) is 17.5. The van der Waals surface area contributed by atoms with Crippen LogP contribution in [0.2, 0.25) is 0 Å². The lowest BCUT2D eigenvalue weighted by Gasteiger charge is -2.43. The average Bonchev–Trinajstić information content (AvgIpc) is 2.88. The second-order valence-electron chi connectivity index (χ2n) is 9.51. The summed E-state index contributed by atoms with van der Waals surface area (Å²) in [5.74, 6) is -1.25. The fraction of sp³-hybridized carbons (Fsp3) is 0.286. The Hall–Kier alpha value is -3.62. The van der Waals surface area contributed by atoms with Gasteiger partial charge in [0.15, 0.2) is 0 Å². The van der Waals surface area contributed by atoms with E-state index in [1.54, 1.807) is 12.4 Å². The zero-order valence-electron chi connectivity index (χ0n) is 20.0. The van der Waals surface area contributed by atoms with Crippen LogP contribution in [0.15, 0.2) is 54.9 Å². The van der Waals surface area contributed by atoms with Crippen LogP contribution < -0.4 is 16.0 Å². The van der Waals surface area contributed by atoms with Crippen LogP contribution in [-0.2, 0) is 4.74 Å². The lowest BCUT2D eigenvalue weighted by molar-refractivity contribution is -0.00896. The lowest BCUT2D eigenvalue weighted by atomic mass is 9.95. The highest BCUT2D eigenvalue weighted by atomic mass is 19.1.